The molecule has 0 bridgehead atoms. The van der Waals surface area contributed by atoms with E-state index in [-0.39, 0.29) is 5.71 Å². The highest BCUT2D eigenvalue weighted by molar-refractivity contribution is 6.06. The molecule has 0 saturated heterocycles. The van der Waals surface area contributed by atoms with Crippen molar-refractivity contribution in [3.8, 4) is 0 Å². The molecule has 0 fully saturated rings. The van der Waals surface area contributed by atoms with Crippen LogP contribution in [0.25, 0.3) is 0 Å². The summed E-state index contributed by atoms with van der Waals surface area (Å²) in [7, 11) is 0. The van der Waals surface area contributed by atoms with Gasteiger partial charge in [0.1, 0.15) is 0 Å². The van der Waals surface area contributed by atoms with Crippen LogP contribution in [-0.2, 0) is 5.60 Å². The lowest BCUT2D eigenvalue weighted by molar-refractivity contribution is 0.155. The average molecular weight is 288 g/mol. The van der Waals surface area contributed by atoms with Gasteiger partial charge in [-0.3, -0.25) is 4.98 Å². The molecular weight excluding hydrogens is 272 g/mol. The Morgan fingerprint density at radius 1 is 0.818 bits per heavy atom. The van der Waals surface area contributed by atoms with Gasteiger partial charge in [0.05, 0.1) is 5.71 Å². The first kappa shape index (κ1) is 14.2. The van der Waals surface area contributed by atoms with Crippen LogP contribution in [-0.4, -0.2) is 15.8 Å². The molecule has 108 valence electrons. The maximum Gasteiger partial charge on any atom is 0.158 e. The molecule has 2 aromatic carbocycles. The molecule has 0 aliphatic carbocycles. The van der Waals surface area contributed by atoms with Gasteiger partial charge in [-0.15, -0.1) is 0 Å². The highest BCUT2D eigenvalue weighted by Gasteiger charge is 2.37. The molecule has 0 saturated carbocycles. The Kier molecular flexibility index (Phi) is 3.81. The SMILES string of the molecule is N=C(c1ccccc1)[C@@](O)(c1ccccc1)c1cccnc1. The lowest BCUT2D eigenvalue weighted by Crippen LogP contribution is -2.37. The largest absolute Gasteiger partial charge is 0.374 e. The first-order valence-electron chi connectivity index (χ1n) is 7.06. The summed E-state index contributed by atoms with van der Waals surface area (Å²) in [5.41, 5.74) is 0.508. The Labute approximate surface area is 129 Å². The van der Waals surface area contributed by atoms with Crippen LogP contribution in [0.5, 0.6) is 0 Å². The van der Waals surface area contributed by atoms with Gasteiger partial charge in [-0.1, -0.05) is 66.7 Å². The zero-order chi connectivity index (χ0) is 15.4. The van der Waals surface area contributed by atoms with Gasteiger partial charge in [-0.05, 0) is 17.2 Å². The molecule has 2 N–H and O–H groups in total. The van der Waals surface area contributed by atoms with Crippen LogP contribution in [0, 0.1) is 5.41 Å². The third-order valence-electron chi connectivity index (χ3n) is 3.70. The average Bonchev–Trinajstić information content (AvgIpc) is 2.62. The quantitative estimate of drug-likeness (QED) is 0.723. The topological polar surface area (TPSA) is 57.0 Å². The van der Waals surface area contributed by atoms with Crippen molar-refractivity contribution in [2.45, 2.75) is 5.60 Å². The molecule has 1 aromatic heterocycles. The third-order valence-corrected chi connectivity index (χ3v) is 3.70. The highest BCUT2D eigenvalue weighted by Crippen LogP contribution is 2.32. The van der Waals surface area contributed by atoms with Crippen LogP contribution >= 0.6 is 0 Å². The van der Waals surface area contributed by atoms with Crippen LogP contribution in [0.3, 0.4) is 0 Å². The molecule has 1 atom stereocenters. The van der Waals surface area contributed by atoms with E-state index in [9.17, 15) is 5.11 Å². The summed E-state index contributed by atoms with van der Waals surface area (Å²) in [4.78, 5) is 4.10. The van der Waals surface area contributed by atoms with E-state index in [0.717, 1.165) is 0 Å². The lowest BCUT2D eigenvalue weighted by Gasteiger charge is -2.30. The van der Waals surface area contributed by atoms with Gasteiger partial charge in [-0.2, -0.15) is 0 Å². The summed E-state index contributed by atoms with van der Waals surface area (Å²) < 4.78 is 0. The van der Waals surface area contributed by atoms with Gasteiger partial charge >= 0.3 is 0 Å². The van der Waals surface area contributed by atoms with Gasteiger partial charge in [0.15, 0.2) is 5.60 Å². The Bertz CT molecular complexity index is 716. The molecule has 3 nitrogen and oxygen atoms in total. The highest BCUT2D eigenvalue weighted by atomic mass is 16.3. The second kappa shape index (κ2) is 5.92. The molecule has 3 heteroatoms. The Hall–Kier alpha value is -2.78. The van der Waals surface area contributed by atoms with Crippen molar-refractivity contribution in [1.82, 2.24) is 4.98 Å². The van der Waals surface area contributed by atoms with Crippen molar-refractivity contribution >= 4 is 5.71 Å². The number of benzene rings is 2. The molecule has 1 heterocycles. The number of aromatic nitrogens is 1. The van der Waals surface area contributed by atoms with Crippen LogP contribution in [0.1, 0.15) is 16.7 Å². The van der Waals surface area contributed by atoms with E-state index >= 15 is 0 Å². The van der Waals surface area contributed by atoms with E-state index in [4.69, 9.17) is 5.41 Å². The standard InChI is InChI=1S/C19H16N2O/c20-18(15-8-3-1-4-9-15)19(22,16-10-5-2-6-11-16)17-12-7-13-21-14-17/h1-14,20,22H/t19-/m1/s1. The second-order valence-corrected chi connectivity index (χ2v) is 5.06. The molecule has 0 aliphatic heterocycles. The number of nitrogens with one attached hydrogen (secondary N) is 1. The van der Waals surface area contributed by atoms with Gasteiger partial charge in [0.2, 0.25) is 0 Å². The van der Waals surface area contributed by atoms with Gasteiger partial charge in [0.25, 0.3) is 0 Å². The van der Waals surface area contributed by atoms with Gasteiger partial charge in [0, 0.05) is 18.0 Å². The summed E-state index contributed by atoms with van der Waals surface area (Å²) >= 11 is 0. The normalized spacial score (nSPS) is 13.3. The van der Waals surface area contributed by atoms with E-state index in [1.54, 1.807) is 24.5 Å². The monoisotopic (exact) mass is 288 g/mol. The molecule has 0 unspecified atom stereocenters. The Morgan fingerprint density at radius 3 is 2.00 bits per heavy atom. The molecule has 0 radical (unpaired) electrons. The molecule has 0 amide bonds. The van der Waals surface area contributed by atoms with Crippen molar-refractivity contribution in [2.75, 3.05) is 0 Å². The summed E-state index contributed by atoms with van der Waals surface area (Å²) in [5.74, 6) is 0. The fourth-order valence-corrected chi connectivity index (χ4v) is 2.53. The van der Waals surface area contributed by atoms with E-state index in [1.165, 1.54) is 0 Å². The maximum absolute atomic E-state index is 11.4. The predicted molar refractivity (Wildman–Crippen MR) is 86.9 cm³/mol. The number of hydrogen-bond donors (Lipinski definition) is 2. The smallest absolute Gasteiger partial charge is 0.158 e. The van der Waals surface area contributed by atoms with Crippen molar-refractivity contribution in [3.05, 3.63) is 102 Å². The molecule has 0 spiro atoms. The zero-order valence-electron chi connectivity index (χ0n) is 12.0. The van der Waals surface area contributed by atoms with Crippen LogP contribution in [0.2, 0.25) is 0 Å². The summed E-state index contributed by atoms with van der Waals surface area (Å²) in [6.45, 7) is 0. The molecule has 3 rings (SSSR count). The van der Waals surface area contributed by atoms with Crippen molar-refractivity contribution in [2.24, 2.45) is 0 Å². The minimum Gasteiger partial charge on any atom is -0.374 e. The minimum absolute atomic E-state index is 0.132. The van der Waals surface area contributed by atoms with Gasteiger partial charge in [-0.25, -0.2) is 0 Å². The predicted octanol–water partition coefficient (Wildman–Crippen LogP) is 3.39. The van der Waals surface area contributed by atoms with E-state index in [2.05, 4.69) is 4.98 Å². The van der Waals surface area contributed by atoms with Crippen LogP contribution in [0.4, 0.5) is 0 Å². The molecule has 3 aromatic rings. The number of rotatable bonds is 4. The summed E-state index contributed by atoms with van der Waals surface area (Å²) in [5, 5.41) is 20.0. The fourth-order valence-electron chi connectivity index (χ4n) is 2.53. The number of nitrogens with zero attached hydrogens (tertiary/aromatic N) is 1. The Balaban J connectivity index is 2.18. The van der Waals surface area contributed by atoms with Crippen LogP contribution in [0.15, 0.2) is 85.2 Å². The maximum atomic E-state index is 11.4. The van der Waals surface area contributed by atoms with E-state index in [0.29, 0.717) is 16.7 Å². The first-order valence-corrected chi connectivity index (χ1v) is 7.06. The summed E-state index contributed by atoms with van der Waals surface area (Å²) in [6, 6.07) is 22.1. The Morgan fingerprint density at radius 2 is 1.41 bits per heavy atom. The van der Waals surface area contributed by atoms with E-state index < -0.39 is 5.60 Å². The number of hydrogen-bond acceptors (Lipinski definition) is 3. The number of pyridine rings is 1. The third kappa shape index (κ3) is 2.43. The van der Waals surface area contributed by atoms with Crippen molar-refractivity contribution < 1.29 is 5.11 Å². The summed E-state index contributed by atoms with van der Waals surface area (Å²) in [6.07, 6.45) is 3.26. The molecular formula is C19H16N2O. The van der Waals surface area contributed by atoms with Crippen molar-refractivity contribution in [3.63, 3.8) is 0 Å². The lowest BCUT2D eigenvalue weighted by atomic mass is 9.80. The fraction of sp³-hybridized carbons (Fsp3) is 0.0526. The second-order valence-electron chi connectivity index (χ2n) is 5.06. The zero-order valence-corrected chi connectivity index (χ0v) is 12.0. The van der Waals surface area contributed by atoms with Crippen molar-refractivity contribution in [1.29, 1.82) is 5.41 Å². The van der Waals surface area contributed by atoms with Crippen LogP contribution < -0.4 is 0 Å². The van der Waals surface area contributed by atoms with E-state index in [1.807, 2.05) is 60.7 Å². The minimum atomic E-state index is -1.53. The van der Waals surface area contributed by atoms with Gasteiger partial charge < -0.3 is 10.5 Å². The molecule has 0 aliphatic rings. The number of aliphatic hydroxyl groups is 1. The first-order chi connectivity index (χ1) is 10.7. The molecule has 22 heavy (non-hydrogen) atoms.